The second kappa shape index (κ2) is 5.74. The molecule has 19 heavy (non-hydrogen) atoms. The van der Waals surface area contributed by atoms with Crippen LogP contribution in [-0.4, -0.2) is 19.0 Å². The number of ether oxygens (including phenoxy) is 2. The summed E-state index contributed by atoms with van der Waals surface area (Å²) in [5.41, 5.74) is 0.821. The van der Waals surface area contributed by atoms with E-state index < -0.39 is 0 Å². The summed E-state index contributed by atoms with van der Waals surface area (Å²) >= 11 is 0. The highest BCUT2D eigenvalue weighted by Crippen LogP contribution is 2.45. The van der Waals surface area contributed by atoms with Crippen LogP contribution in [0.5, 0.6) is 5.75 Å². The second-order valence-electron chi connectivity index (χ2n) is 5.18. The third-order valence-corrected chi connectivity index (χ3v) is 4.29. The summed E-state index contributed by atoms with van der Waals surface area (Å²) < 4.78 is 11.1. The number of benzene rings is 1. The Labute approximate surface area is 114 Å². The van der Waals surface area contributed by atoms with E-state index in [1.54, 1.807) is 7.11 Å². The van der Waals surface area contributed by atoms with Gasteiger partial charge in [-0.15, -0.1) is 0 Å². The number of rotatable bonds is 6. The molecule has 0 radical (unpaired) electrons. The fourth-order valence-corrected chi connectivity index (χ4v) is 2.91. The van der Waals surface area contributed by atoms with E-state index >= 15 is 0 Å². The Morgan fingerprint density at radius 3 is 2.63 bits per heavy atom. The van der Waals surface area contributed by atoms with E-state index in [2.05, 4.69) is 13.8 Å². The van der Waals surface area contributed by atoms with Crippen molar-refractivity contribution in [1.29, 1.82) is 0 Å². The van der Waals surface area contributed by atoms with E-state index in [1.165, 1.54) is 0 Å². The zero-order chi connectivity index (χ0) is 13.9. The van der Waals surface area contributed by atoms with Crippen LogP contribution in [0.2, 0.25) is 0 Å². The maximum absolute atomic E-state index is 11.9. The van der Waals surface area contributed by atoms with Crippen molar-refractivity contribution >= 4 is 5.78 Å². The number of Topliss-reactive ketones (excluding diaryl/α,β-unsaturated/α-hetero) is 1. The van der Waals surface area contributed by atoms with Gasteiger partial charge in [-0.05, 0) is 30.5 Å². The first-order valence-corrected chi connectivity index (χ1v) is 6.94. The van der Waals surface area contributed by atoms with Gasteiger partial charge in [-0.3, -0.25) is 4.79 Å². The molecule has 0 aromatic heterocycles. The molecule has 1 aromatic carbocycles. The van der Waals surface area contributed by atoms with Crippen LogP contribution in [-0.2, 0) is 16.1 Å². The fourth-order valence-electron chi connectivity index (χ4n) is 2.91. The van der Waals surface area contributed by atoms with Crippen LogP contribution in [0.4, 0.5) is 0 Å². The zero-order valence-corrected chi connectivity index (χ0v) is 11.9. The molecule has 3 heteroatoms. The van der Waals surface area contributed by atoms with E-state index in [-0.39, 0.29) is 11.5 Å². The topological polar surface area (TPSA) is 35.5 Å². The first kappa shape index (κ1) is 14.1. The number of hydrogen-bond acceptors (Lipinski definition) is 3. The van der Waals surface area contributed by atoms with Gasteiger partial charge in [0.15, 0.2) is 0 Å². The maximum atomic E-state index is 11.9. The van der Waals surface area contributed by atoms with Gasteiger partial charge in [0.1, 0.15) is 17.6 Å². The third kappa shape index (κ3) is 2.52. The van der Waals surface area contributed by atoms with Gasteiger partial charge in [0.25, 0.3) is 0 Å². The smallest absolute Gasteiger partial charge is 0.146 e. The molecule has 1 saturated carbocycles. The van der Waals surface area contributed by atoms with Crippen molar-refractivity contribution in [3.63, 3.8) is 0 Å². The first-order valence-electron chi connectivity index (χ1n) is 6.94. The van der Waals surface area contributed by atoms with E-state index in [0.717, 1.165) is 24.2 Å². The Balaban J connectivity index is 2.09. The molecule has 2 rings (SSSR count). The van der Waals surface area contributed by atoms with Crippen LogP contribution < -0.4 is 4.74 Å². The summed E-state index contributed by atoms with van der Waals surface area (Å²) in [6.45, 7) is 4.71. The Hall–Kier alpha value is -1.35. The fraction of sp³-hybridized carbons (Fsp3) is 0.562. The van der Waals surface area contributed by atoms with Crippen LogP contribution in [0.1, 0.15) is 38.7 Å². The molecule has 0 amide bonds. The molecule has 1 unspecified atom stereocenters. The van der Waals surface area contributed by atoms with Crippen molar-refractivity contribution in [2.75, 3.05) is 7.11 Å². The lowest BCUT2D eigenvalue weighted by atomic mass is 9.61. The molecule has 0 bridgehead atoms. The van der Waals surface area contributed by atoms with Crippen molar-refractivity contribution in [2.45, 2.75) is 45.8 Å². The van der Waals surface area contributed by atoms with Crippen LogP contribution in [0, 0.1) is 5.41 Å². The maximum Gasteiger partial charge on any atom is 0.146 e. The SMILES string of the molecule is CCC1(CC)C(=O)CC1Oc1cccc(COC)c1. The summed E-state index contributed by atoms with van der Waals surface area (Å²) in [7, 11) is 1.68. The lowest BCUT2D eigenvalue weighted by molar-refractivity contribution is -0.153. The highest BCUT2D eigenvalue weighted by atomic mass is 16.5. The average molecular weight is 262 g/mol. The molecule has 1 aromatic rings. The monoisotopic (exact) mass is 262 g/mol. The quantitative estimate of drug-likeness (QED) is 0.788. The van der Waals surface area contributed by atoms with Crippen molar-refractivity contribution in [1.82, 2.24) is 0 Å². The number of carbonyl (C=O) groups excluding carboxylic acids is 1. The molecule has 0 aliphatic heterocycles. The van der Waals surface area contributed by atoms with E-state index in [1.807, 2.05) is 24.3 Å². The molecule has 1 fully saturated rings. The van der Waals surface area contributed by atoms with Crippen molar-refractivity contribution in [3.05, 3.63) is 29.8 Å². The molecule has 1 atom stereocenters. The Bertz CT molecular complexity index is 449. The standard InChI is InChI=1S/C16H22O3/c1-4-16(5-2)14(17)10-15(16)19-13-8-6-7-12(9-13)11-18-3/h6-9,15H,4-5,10-11H2,1-3H3. The van der Waals surface area contributed by atoms with Gasteiger partial charge < -0.3 is 9.47 Å². The minimum atomic E-state index is -0.267. The molecule has 1 aliphatic rings. The summed E-state index contributed by atoms with van der Waals surface area (Å²) in [6.07, 6.45) is 2.26. The van der Waals surface area contributed by atoms with Crippen LogP contribution in [0.15, 0.2) is 24.3 Å². The predicted molar refractivity (Wildman–Crippen MR) is 74.2 cm³/mol. The molecule has 0 N–H and O–H groups in total. The molecule has 1 aliphatic carbocycles. The number of ketones is 1. The highest BCUT2D eigenvalue weighted by molar-refractivity contribution is 5.92. The zero-order valence-electron chi connectivity index (χ0n) is 11.9. The number of carbonyl (C=O) groups is 1. The minimum Gasteiger partial charge on any atom is -0.489 e. The summed E-state index contributed by atoms with van der Waals surface area (Å²) in [6, 6.07) is 7.90. The number of methoxy groups -OCH3 is 1. The van der Waals surface area contributed by atoms with Crippen molar-refractivity contribution in [3.8, 4) is 5.75 Å². The Morgan fingerprint density at radius 2 is 2.05 bits per heavy atom. The van der Waals surface area contributed by atoms with Gasteiger partial charge in [0, 0.05) is 13.5 Å². The van der Waals surface area contributed by atoms with Crippen LogP contribution in [0.25, 0.3) is 0 Å². The third-order valence-electron chi connectivity index (χ3n) is 4.29. The molecule has 104 valence electrons. The van der Waals surface area contributed by atoms with Gasteiger partial charge in [0.05, 0.1) is 12.0 Å². The summed E-state index contributed by atoms with van der Waals surface area (Å²) in [5, 5.41) is 0. The number of hydrogen-bond donors (Lipinski definition) is 0. The van der Waals surface area contributed by atoms with Crippen molar-refractivity contribution < 1.29 is 14.3 Å². The average Bonchev–Trinajstić information content (AvgIpc) is 2.41. The van der Waals surface area contributed by atoms with Gasteiger partial charge in [0.2, 0.25) is 0 Å². The molecule has 0 spiro atoms. The molecule has 0 heterocycles. The van der Waals surface area contributed by atoms with Gasteiger partial charge in [-0.1, -0.05) is 26.0 Å². The highest BCUT2D eigenvalue weighted by Gasteiger charge is 2.53. The van der Waals surface area contributed by atoms with Gasteiger partial charge >= 0.3 is 0 Å². The van der Waals surface area contributed by atoms with E-state index in [0.29, 0.717) is 18.8 Å². The molecular formula is C16H22O3. The van der Waals surface area contributed by atoms with Crippen LogP contribution >= 0.6 is 0 Å². The first-order chi connectivity index (χ1) is 9.16. The van der Waals surface area contributed by atoms with Gasteiger partial charge in [-0.25, -0.2) is 0 Å². The Morgan fingerprint density at radius 1 is 1.32 bits per heavy atom. The van der Waals surface area contributed by atoms with E-state index in [9.17, 15) is 4.79 Å². The van der Waals surface area contributed by atoms with Gasteiger partial charge in [-0.2, -0.15) is 0 Å². The lowest BCUT2D eigenvalue weighted by Crippen LogP contribution is -2.56. The molecule has 0 saturated heterocycles. The minimum absolute atomic E-state index is 0.0211. The second-order valence-corrected chi connectivity index (χ2v) is 5.18. The lowest BCUT2D eigenvalue weighted by Gasteiger charge is -2.46. The summed E-state index contributed by atoms with van der Waals surface area (Å²) in [5.74, 6) is 1.17. The predicted octanol–water partition coefficient (Wildman–Crippen LogP) is 3.36. The van der Waals surface area contributed by atoms with E-state index in [4.69, 9.17) is 9.47 Å². The van der Waals surface area contributed by atoms with Crippen LogP contribution in [0.3, 0.4) is 0 Å². The Kier molecular flexibility index (Phi) is 4.25. The molecule has 3 nitrogen and oxygen atoms in total. The van der Waals surface area contributed by atoms with Crippen molar-refractivity contribution in [2.24, 2.45) is 5.41 Å². The molecular weight excluding hydrogens is 240 g/mol. The largest absolute Gasteiger partial charge is 0.489 e. The normalized spacial score (nSPS) is 21.0. The summed E-state index contributed by atoms with van der Waals surface area (Å²) in [4.78, 5) is 11.9.